The van der Waals surface area contributed by atoms with Gasteiger partial charge in [-0.05, 0) is 12.5 Å². The Hall–Kier alpha value is -2.01. The van der Waals surface area contributed by atoms with Gasteiger partial charge >= 0.3 is 0 Å². The monoisotopic (exact) mass is 286 g/mol. The lowest BCUT2D eigenvalue weighted by Gasteiger charge is -2.26. The molecule has 0 saturated carbocycles. The molecule has 0 bridgehead atoms. The molecule has 2 aromatic rings. The molecule has 4 heteroatoms. The molecule has 0 aromatic heterocycles. The minimum absolute atomic E-state index is 0.265. The maximum absolute atomic E-state index is 12.7. The molecule has 0 aliphatic rings. The van der Waals surface area contributed by atoms with Crippen molar-refractivity contribution in [2.75, 3.05) is 13.2 Å². The van der Waals surface area contributed by atoms with Crippen LogP contribution in [0.3, 0.4) is 0 Å². The highest BCUT2D eigenvalue weighted by molar-refractivity contribution is 6.02. The summed E-state index contributed by atoms with van der Waals surface area (Å²) >= 11 is 0. The van der Waals surface area contributed by atoms with Crippen LogP contribution in [-0.2, 0) is 15.4 Å². The van der Waals surface area contributed by atoms with Gasteiger partial charge in [-0.25, -0.2) is 9.78 Å². The normalized spacial score (nSPS) is 13.6. The molecule has 0 fully saturated rings. The van der Waals surface area contributed by atoms with Gasteiger partial charge in [0.05, 0.1) is 6.61 Å². The number of carbonyl (C=O) groups excluding carboxylic acids is 1. The molecule has 1 N–H and O–H groups in total. The molecule has 0 spiro atoms. The lowest BCUT2D eigenvalue weighted by atomic mass is 9.86. The van der Waals surface area contributed by atoms with E-state index in [1.54, 1.807) is 55.5 Å². The molecule has 1 unspecified atom stereocenters. The molecule has 1 atom stereocenters. The Morgan fingerprint density at radius 2 is 1.57 bits per heavy atom. The van der Waals surface area contributed by atoms with E-state index in [0.717, 1.165) is 0 Å². The van der Waals surface area contributed by atoms with Crippen molar-refractivity contribution >= 4 is 5.78 Å². The third-order valence-corrected chi connectivity index (χ3v) is 3.13. The summed E-state index contributed by atoms with van der Waals surface area (Å²) in [6.45, 7) is 1.84. The zero-order chi connectivity index (χ0) is 15.1. The Morgan fingerprint density at radius 1 is 1.00 bits per heavy atom. The lowest BCUT2D eigenvalue weighted by molar-refractivity contribution is -0.309. The first kappa shape index (κ1) is 15.4. The SMILES string of the molecule is CCOOCC(O)(C(=O)c1ccccc1)c1ccccc1. The van der Waals surface area contributed by atoms with Crippen molar-refractivity contribution in [3.8, 4) is 0 Å². The fourth-order valence-corrected chi connectivity index (χ4v) is 2.03. The van der Waals surface area contributed by atoms with E-state index in [0.29, 0.717) is 17.7 Å². The van der Waals surface area contributed by atoms with Crippen LogP contribution in [0.5, 0.6) is 0 Å². The number of ketones is 1. The van der Waals surface area contributed by atoms with Gasteiger partial charge in [0.2, 0.25) is 5.78 Å². The van der Waals surface area contributed by atoms with E-state index in [4.69, 9.17) is 9.78 Å². The van der Waals surface area contributed by atoms with Gasteiger partial charge in [0.25, 0.3) is 0 Å². The largest absolute Gasteiger partial charge is 0.375 e. The molecular weight excluding hydrogens is 268 g/mol. The van der Waals surface area contributed by atoms with E-state index in [1.165, 1.54) is 0 Å². The number of hydrogen-bond acceptors (Lipinski definition) is 4. The van der Waals surface area contributed by atoms with Crippen molar-refractivity contribution < 1.29 is 19.7 Å². The predicted octanol–water partition coefficient (Wildman–Crippen LogP) is 2.73. The highest BCUT2D eigenvalue weighted by atomic mass is 17.2. The van der Waals surface area contributed by atoms with E-state index in [-0.39, 0.29) is 6.61 Å². The van der Waals surface area contributed by atoms with E-state index in [2.05, 4.69) is 0 Å². The molecule has 2 rings (SSSR count). The van der Waals surface area contributed by atoms with Crippen molar-refractivity contribution in [3.05, 3.63) is 71.8 Å². The van der Waals surface area contributed by atoms with Crippen LogP contribution in [0, 0.1) is 0 Å². The van der Waals surface area contributed by atoms with E-state index in [9.17, 15) is 9.90 Å². The van der Waals surface area contributed by atoms with Crippen molar-refractivity contribution in [3.63, 3.8) is 0 Å². The van der Waals surface area contributed by atoms with Crippen molar-refractivity contribution in [2.24, 2.45) is 0 Å². The first-order chi connectivity index (χ1) is 10.2. The summed E-state index contributed by atoms with van der Waals surface area (Å²) in [4.78, 5) is 22.5. The summed E-state index contributed by atoms with van der Waals surface area (Å²) in [5.41, 5.74) is -0.889. The lowest BCUT2D eigenvalue weighted by Crippen LogP contribution is -2.40. The summed E-state index contributed by atoms with van der Waals surface area (Å²) in [7, 11) is 0. The summed E-state index contributed by atoms with van der Waals surface area (Å²) in [6, 6.07) is 17.4. The molecular formula is C17H18O4. The highest BCUT2D eigenvalue weighted by Crippen LogP contribution is 2.26. The molecule has 2 aromatic carbocycles. The van der Waals surface area contributed by atoms with Crippen LogP contribution in [0.15, 0.2) is 60.7 Å². The summed E-state index contributed by atoms with van der Waals surface area (Å²) in [5, 5.41) is 10.9. The molecule has 0 radical (unpaired) electrons. The fourth-order valence-electron chi connectivity index (χ4n) is 2.03. The molecule has 4 nitrogen and oxygen atoms in total. The third kappa shape index (κ3) is 3.55. The van der Waals surface area contributed by atoms with Crippen LogP contribution < -0.4 is 0 Å². The molecule has 0 aliphatic carbocycles. The molecule has 21 heavy (non-hydrogen) atoms. The van der Waals surface area contributed by atoms with Crippen LogP contribution in [0.2, 0.25) is 0 Å². The molecule has 0 aliphatic heterocycles. The topological polar surface area (TPSA) is 55.8 Å². The minimum Gasteiger partial charge on any atom is -0.375 e. The second-order valence-electron chi connectivity index (χ2n) is 4.59. The van der Waals surface area contributed by atoms with Gasteiger partial charge in [0.15, 0.2) is 5.60 Å². The van der Waals surface area contributed by atoms with Crippen molar-refractivity contribution in [1.29, 1.82) is 0 Å². The maximum Gasteiger partial charge on any atom is 0.201 e. The van der Waals surface area contributed by atoms with Crippen LogP contribution in [-0.4, -0.2) is 24.1 Å². The minimum atomic E-state index is -1.78. The van der Waals surface area contributed by atoms with E-state index < -0.39 is 11.4 Å². The summed E-state index contributed by atoms with van der Waals surface area (Å²) in [6.07, 6.45) is 0. The van der Waals surface area contributed by atoms with Crippen molar-refractivity contribution in [1.82, 2.24) is 0 Å². The zero-order valence-corrected chi connectivity index (χ0v) is 11.9. The number of hydrogen-bond donors (Lipinski definition) is 1. The summed E-state index contributed by atoms with van der Waals surface area (Å²) in [5.74, 6) is -0.422. The Labute approximate surface area is 123 Å². The molecule has 110 valence electrons. The Balaban J connectivity index is 2.34. The Bertz CT molecular complexity index is 568. The quantitative estimate of drug-likeness (QED) is 0.368. The van der Waals surface area contributed by atoms with Gasteiger partial charge in [-0.2, -0.15) is 0 Å². The van der Waals surface area contributed by atoms with Crippen LogP contribution >= 0.6 is 0 Å². The maximum atomic E-state index is 12.7. The number of rotatable bonds is 7. The van der Waals surface area contributed by atoms with Gasteiger partial charge in [0, 0.05) is 5.56 Å². The predicted molar refractivity (Wildman–Crippen MR) is 78.7 cm³/mol. The average Bonchev–Trinajstić information content (AvgIpc) is 2.56. The first-order valence-corrected chi connectivity index (χ1v) is 6.80. The van der Waals surface area contributed by atoms with Gasteiger partial charge in [-0.3, -0.25) is 4.79 Å². The number of carbonyl (C=O) groups is 1. The average molecular weight is 286 g/mol. The van der Waals surface area contributed by atoms with Gasteiger partial charge < -0.3 is 5.11 Å². The second-order valence-corrected chi connectivity index (χ2v) is 4.59. The Morgan fingerprint density at radius 3 is 2.14 bits per heavy atom. The molecule has 0 saturated heterocycles. The smallest absolute Gasteiger partial charge is 0.201 e. The van der Waals surface area contributed by atoms with E-state index >= 15 is 0 Å². The highest BCUT2D eigenvalue weighted by Gasteiger charge is 2.39. The standard InChI is InChI=1S/C17H18O4/c1-2-20-21-13-17(19,15-11-7-4-8-12-15)16(18)14-9-5-3-6-10-14/h3-12,19H,2,13H2,1H3. The third-order valence-electron chi connectivity index (χ3n) is 3.13. The van der Waals surface area contributed by atoms with E-state index in [1.807, 2.05) is 12.1 Å². The van der Waals surface area contributed by atoms with Gasteiger partial charge in [-0.1, -0.05) is 60.7 Å². The number of benzene rings is 2. The van der Waals surface area contributed by atoms with Gasteiger partial charge in [0.1, 0.15) is 6.61 Å². The van der Waals surface area contributed by atoms with Gasteiger partial charge in [-0.15, -0.1) is 0 Å². The number of aliphatic hydroxyl groups is 1. The number of Topliss-reactive ketones (excluding diaryl/α,β-unsaturated/α-hetero) is 1. The Kier molecular flexibility index (Phi) is 5.22. The first-order valence-electron chi connectivity index (χ1n) is 6.80. The van der Waals surface area contributed by atoms with Crippen LogP contribution in [0.4, 0.5) is 0 Å². The molecule has 0 amide bonds. The zero-order valence-electron chi connectivity index (χ0n) is 11.9. The van der Waals surface area contributed by atoms with Crippen molar-refractivity contribution in [2.45, 2.75) is 12.5 Å². The molecule has 0 heterocycles. The van der Waals surface area contributed by atoms with Crippen LogP contribution in [0.1, 0.15) is 22.8 Å². The fraction of sp³-hybridized carbons (Fsp3) is 0.235. The summed E-state index contributed by atoms with van der Waals surface area (Å²) < 4.78 is 0. The van der Waals surface area contributed by atoms with Crippen LogP contribution in [0.25, 0.3) is 0 Å². The second kappa shape index (κ2) is 7.13.